The molecule has 0 aliphatic heterocycles. The molecule has 0 saturated heterocycles. The van der Waals surface area contributed by atoms with E-state index in [9.17, 15) is 9.59 Å². The average Bonchev–Trinajstić information content (AvgIpc) is 2.01. The van der Waals surface area contributed by atoms with E-state index in [1.807, 2.05) is 27.7 Å². The van der Waals surface area contributed by atoms with Gasteiger partial charge in [-0.2, -0.15) is 0 Å². The summed E-state index contributed by atoms with van der Waals surface area (Å²) in [4.78, 5) is 23.3. The van der Waals surface area contributed by atoms with Gasteiger partial charge in [0, 0.05) is 0 Å². The summed E-state index contributed by atoms with van der Waals surface area (Å²) in [5.41, 5.74) is 0.898. The number of carbonyl (C=O) groups excluding carboxylic acids is 2. The van der Waals surface area contributed by atoms with Crippen molar-refractivity contribution in [2.45, 2.75) is 34.6 Å². The van der Waals surface area contributed by atoms with Crippen LogP contribution in [0.5, 0.6) is 0 Å². The topological polar surface area (TPSA) is 43.4 Å². The van der Waals surface area contributed by atoms with Gasteiger partial charge in [-0.25, -0.2) is 0 Å². The lowest BCUT2D eigenvalue weighted by atomic mass is 9.91. The van der Waals surface area contributed by atoms with Crippen LogP contribution in [0.15, 0.2) is 11.6 Å². The molecular formula is C12H20O3. The molecule has 3 nitrogen and oxygen atoms in total. The highest BCUT2D eigenvalue weighted by atomic mass is 16.5. The molecule has 0 spiro atoms. The van der Waals surface area contributed by atoms with Gasteiger partial charge in [0.2, 0.25) is 0 Å². The summed E-state index contributed by atoms with van der Waals surface area (Å²) in [6.07, 6.45) is 1.50. The van der Waals surface area contributed by atoms with E-state index in [0.717, 1.165) is 5.57 Å². The van der Waals surface area contributed by atoms with Gasteiger partial charge in [-0.1, -0.05) is 19.4 Å². The molecule has 0 aromatic rings. The molecule has 3 heteroatoms. The fraction of sp³-hybridized carbons (Fsp3) is 0.667. The van der Waals surface area contributed by atoms with Gasteiger partial charge in [-0.3, -0.25) is 9.59 Å². The summed E-state index contributed by atoms with van der Waals surface area (Å²) in [6, 6.07) is 0. The highest BCUT2D eigenvalue weighted by Crippen LogP contribution is 2.15. The molecule has 0 fully saturated rings. The predicted octanol–water partition coefficient (Wildman–Crippen LogP) is 2.36. The standard InChI is InChI=1S/C12H20O3/c1-6-15-12(14)11(9(4)5)10(13)7-8(2)3/h7,9,11H,6H2,1-5H3. The lowest BCUT2D eigenvalue weighted by molar-refractivity contribution is -0.152. The van der Waals surface area contributed by atoms with E-state index < -0.39 is 11.9 Å². The Morgan fingerprint density at radius 2 is 1.80 bits per heavy atom. The zero-order valence-corrected chi connectivity index (χ0v) is 10.2. The van der Waals surface area contributed by atoms with Crippen molar-refractivity contribution >= 4 is 11.8 Å². The van der Waals surface area contributed by atoms with Gasteiger partial charge in [0.1, 0.15) is 5.92 Å². The Morgan fingerprint density at radius 1 is 1.27 bits per heavy atom. The Bertz CT molecular complexity index is 260. The number of allylic oxidation sites excluding steroid dienone is 2. The molecule has 0 aliphatic rings. The summed E-state index contributed by atoms with van der Waals surface area (Å²) < 4.78 is 4.88. The minimum Gasteiger partial charge on any atom is -0.465 e. The largest absolute Gasteiger partial charge is 0.465 e. The van der Waals surface area contributed by atoms with E-state index in [4.69, 9.17) is 4.74 Å². The number of carbonyl (C=O) groups is 2. The van der Waals surface area contributed by atoms with Crippen LogP contribution in [0.4, 0.5) is 0 Å². The van der Waals surface area contributed by atoms with Crippen LogP contribution in [0, 0.1) is 11.8 Å². The smallest absolute Gasteiger partial charge is 0.317 e. The van der Waals surface area contributed by atoms with Crippen molar-refractivity contribution in [3.8, 4) is 0 Å². The van der Waals surface area contributed by atoms with Gasteiger partial charge in [0.05, 0.1) is 6.61 Å². The average molecular weight is 212 g/mol. The first kappa shape index (κ1) is 13.9. The monoisotopic (exact) mass is 212 g/mol. The van der Waals surface area contributed by atoms with Gasteiger partial charge in [0.15, 0.2) is 5.78 Å². The van der Waals surface area contributed by atoms with Crippen LogP contribution in [0.25, 0.3) is 0 Å². The van der Waals surface area contributed by atoms with E-state index in [1.54, 1.807) is 6.92 Å². The second-order valence-electron chi connectivity index (χ2n) is 4.10. The molecule has 0 N–H and O–H groups in total. The molecule has 0 radical (unpaired) electrons. The molecule has 1 unspecified atom stereocenters. The number of ketones is 1. The van der Waals surface area contributed by atoms with Crippen LogP contribution in [0.2, 0.25) is 0 Å². The van der Waals surface area contributed by atoms with Crippen molar-refractivity contribution in [2.24, 2.45) is 11.8 Å². The first-order chi connectivity index (χ1) is 6.90. The first-order valence-corrected chi connectivity index (χ1v) is 5.25. The van der Waals surface area contributed by atoms with Crippen molar-refractivity contribution in [1.29, 1.82) is 0 Å². The fourth-order valence-corrected chi connectivity index (χ4v) is 1.32. The maximum absolute atomic E-state index is 11.7. The van der Waals surface area contributed by atoms with E-state index in [0.29, 0.717) is 6.61 Å². The molecule has 15 heavy (non-hydrogen) atoms. The predicted molar refractivity (Wildman–Crippen MR) is 59.4 cm³/mol. The number of rotatable bonds is 5. The van der Waals surface area contributed by atoms with Crippen LogP contribution in [0.3, 0.4) is 0 Å². The molecule has 0 heterocycles. The lowest BCUT2D eigenvalue weighted by Crippen LogP contribution is -2.29. The normalized spacial score (nSPS) is 12.1. The molecule has 0 rings (SSSR count). The van der Waals surface area contributed by atoms with Crippen LogP contribution in [-0.4, -0.2) is 18.4 Å². The Morgan fingerprint density at radius 3 is 2.13 bits per heavy atom. The number of hydrogen-bond acceptors (Lipinski definition) is 3. The van der Waals surface area contributed by atoms with Gasteiger partial charge in [-0.05, 0) is 32.8 Å². The number of ether oxygens (including phenoxy) is 1. The van der Waals surface area contributed by atoms with Gasteiger partial charge in [-0.15, -0.1) is 0 Å². The third kappa shape index (κ3) is 4.77. The van der Waals surface area contributed by atoms with Crippen molar-refractivity contribution in [3.63, 3.8) is 0 Å². The Balaban J connectivity index is 4.74. The molecule has 0 saturated carbocycles. The van der Waals surface area contributed by atoms with Crippen molar-refractivity contribution in [3.05, 3.63) is 11.6 Å². The molecule has 0 aliphatic carbocycles. The molecule has 0 aromatic carbocycles. The molecule has 0 aromatic heterocycles. The lowest BCUT2D eigenvalue weighted by Gasteiger charge is -2.16. The molecule has 0 bridgehead atoms. The number of hydrogen-bond donors (Lipinski definition) is 0. The number of esters is 1. The van der Waals surface area contributed by atoms with E-state index in [2.05, 4.69) is 0 Å². The van der Waals surface area contributed by atoms with Gasteiger partial charge < -0.3 is 4.74 Å². The van der Waals surface area contributed by atoms with Crippen LogP contribution < -0.4 is 0 Å². The zero-order chi connectivity index (χ0) is 12.0. The summed E-state index contributed by atoms with van der Waals surface area (Å²) in [7, 11) is 0. The van der Waals surface area contributed by atoms with Crippen molar-refractivity contribution in [1.82, 2.24) is 0 Å². The second-order valence-corrected chi connectivity index (χ2v) is 4.10. The third-order valence-corrected chi connectivity index (χ3v) is 1.94. The highest BCUT2D eigenvalue weighted by molar-refractivity contribution is 6.05. The summed E-state index contributed by atoms with van der Waals surface area (Å²) in [5, 5.41) is 0. The Hall–Kier alpha value is -1.12. The van der Waals surface area contributed by atoms with Crippen LogP contribution >= 0.6 is 0 Å². The summed E-state index contributed by atoms with van der Waals surface area (Å²) in [6.45, 7) is 9.41. The van der Waals surface area contributed by atoms with Gasteiger partial charge >= 0.3 is 5.97 Å². The van der Waals surface area contributed by atoms with Crippen LogP contribution in [-0.2, 0) is 14.3 Å². The fourth-order valence-electron chi connectivity index (χ4n) is 1.32. The zero-order valence-electron chi connectivity index (χ0n) is 10.2. The molecule has 86 valence electrons. The summed E-state index contributed by atoms with van der Waals surface area (Å²) >= 11 is 0. The Kier molecular flexibility index (Phi) is 5.90. The van der Waals surface area contributed by atoms with E-state index >= 15 is 0 Å². The van der Waals surface area contributed by atoms with E-state index in [1.165, 1.54) is 6.08 Å². The van der Waals surface area contributed by atoms with Crippen molar-refractivity contribution in [2.75, 3.05) is 6.61 Å². The maximum Gasteiger partial charge on any atom is 0.317 e. The quantitative estimate of drug-likeness (QED) is 0.399. The highest BCUT2D eigenvalue weighted by Gasteiger charge is 2.29. The molecule has 1 atom stereocenters. The van der Waals surface area contributed by atoms with Crippen LogP contribution in [0.1, 0.15) is 34.6 Å². The molecule has 0 amide bonds. The minimum absolute atomic E-state index is 0.0350. The minimum atomic E-state index is -0.667. The summed E-state index contributed by atoms with van der Waals surface area (Å²) in [5.74, 6) is -1.29. The maximum atomic E-state index is 11.7. The first-order valence-electron chi connectivity index (χ1n) is 5.25. The molecular weight excluding hydrogens is 192 g/mol. The van der Waals surface area contributed by atoms with E-state index in [-0.39, 0.29) is 11.7 Å². The Labute approximate surface area is 91.5 Å². The third-order valence-electron chi connectivity index (χ3n) is 1.94. The second kappa shape index (κ2) is 6.38. The van der Waals surface area contributed by atoms with Gasteiger partial charge in [0.25, 0.3) is 0 Å². The van der Waals surface area contributed by atoms with Crippen molar-refractivity contribution < 1.29 is 14.3 Å². The SMILES string of the molecule is CCOC(=O)C(C(=O)C=C(C)C)C(C)C.